The molecule has 138 valence electrons. The highest BCUT2D eigenvalue weighted by molar-refractivity contribution is 5.94. The fourth-order valence-electron chi connectivity index (χ4n) is 2.84. The summed E-state index contributed by atoms with van der Waals surface area (Å²) >= 11 is 0. The van der Waals surface area contributed by atoms with Gasteiger partial charge in [0.1, 0.15) is 5.75 Å². The van der Waals surface area contributed by atoms with Crippen molar-refractivity contribution in [2.45, 2.75) is 32.8 Å². The molecule has 1 N–H and O–H groups in total. The highest BCUT2D eigenvalue weighted by atomic mass is 16.5. The molecule has 27 heavy (non-hydrogen) atoms. The molecule has 3 rings (SSSR count). The number of para-hydroxylation sites is 1. The smallest absolute Gasteiger partial charge is 0.265 e. The van der Waals surface area contributed by atoms with Gasteiger partial charge in [0, 0.05) is 18.1 Å². The van der Waals surface area contributed by atoms with Gasteiger partial charge < -0.3 is 10.1 Å². The van der Waals surface area contributed by atoms with Gasteiger partial charge in [0.15, 0.2) is 6.10 Å². The van der Waals surface area contributed by atoms with Crippen molar-refractivity contribution in [1.82, 2.24) is 4.98 Å². The molecule has 1 aromatic heterocycles. The van der Waals surface area contributed by atoms with Crippen LogP contribution in [-0.4, -0.2) is 17.0 Å². The number of pyridine rings is 1. The second-order valence-corrected chi connectivity index (χ2v) is 6.44. The monoisotopic (exact) mass is 360 g/mol. The Balaban J connectivity index is 1.58. The Morgan fingerprint density at radius 3 is 2.37 bits per heavy atom. The van der Waals surface area contributed by atoms with Crippen molar-refractivity contribution >= 4 is 11.6 Å². The van der Waals surface area contributed by atoms with Crippen molar-refractivity contribution < 1.29 is 9.53 Å². The number of aryl methyl sites for hydroxylation is 1. The molecule has 1 heterocycles. The van der Waals surface area contributed by atoms with E-state index >= 15 is 0 Å². The average Bonchev–Trinajstić information content (AvgIpc) is 2.70. The molecule has 0 saturated heterocycles. The second-order valence-electron chi connectivity index (χ2n) is 6.44. The molecule has 4 nitrogen and oxygen atoms in total. The van der Waals surface area contributed by atoms with Crippen molar-refractivity contribution in [3.63, 3.8) is 0 Å². The van der Waals surface area contributed by atoms with Gasteiger partial charge in [-0.1, -0.05) is 37.3 Å². The standard InChI is InChI=1S/C23H24N2O2/c1-3-20-6-4-5-7-22(20)27-17(2)23(26)25-21-10-8-18(9-11-21)16-19-12-14-24-15-13-19/h4-15,17H,3,16H2,1-2H3,(H,25,26). The van der Waals surface area contributed by atoms with E-state index in [4.69, 9.17) is 4.74 Å². The molecule has 0 aliphatic heterocycles. The third-order valence-electron chi connectivity index (χ3n) is 4.41. The Labute approximate surface area is 160 Å². The van der Waals surface area contributed by atoms with E-state index in [9.17, 15) is 4.79 Å². The molecule has 1 unspecified atom stereocenters. The van der Waals surface area contributed by atoms with Gasteiger partial charge in [0.25, 0.3) is 5.91 Å². The van der Waals surface area contributed by atoms with E-state index in [1.165, 1.54) is 11.1 Å². The fraction of sp³-hybridized carbons (Fsp3) is 0.217. The third-order valence-corrected chi connectivity index (χ3v) is 4.41. The second kappa shape index (κ2) is 8.99. The molecular weight excluding hydrogens is 336 g/mol. The maximum atomic E-state index is 12.4. The van der Waals surface area contributed by atoms with Gasteiger partial charge in [-0.25, -0.2) is 0 Å². The minimum atomic E-state index is -0.575. The van der Waals surface area contributed by atoms with E-state index in [2.05, 4.69) is 17.2 Å². The van der Waals surface area contributed by atoms with E-state index in [-0.39, 0.29) is 5.91 Å². The lowest BCUT2D eigenvalue weighted by Gasteiger charge is -2.17. The topological polar surface area (TPSA) is 51.2 Å². The average molecular weight is 360 g/mol. The summed E-state index contributed by atoms with van der Waals surface area (Å²) in [6.07, 6.45) is 4.71. The Morgan fingerprint density at radius 2 is 1.67 bits per heavy atom. The van der Waals surface area contributed by atoms with Crippen molar-refractivity contribution in [2.75, 3.05) is 5.32 Å². The highest BCUT2D eigenvalue weighted by Gasteiger charge is 2.16. The molecule has 1 amide bonds. The molecular formula is C23H24N2O2. The van der Waals surface area contributed by atoms with Crippen LogP contribution in [0.15, 0.2) is 73.1 Å². The lowest BCUT2D eigenvalue weighted by molar-refractivity contribution is -0.122. The SMILES string of the molecule is CCc1ccccc1OC(C)C(=O)Nc1ccc(Cc2ccncc2)cc1. The zero-order valence-corrected chi connectivity index (χ0v) is 15.7. The van der Waals surface area contributed by atoms with E-state index in [0.717, 1.165) is 29.8 Å². The fourth-order valence-corrected chi connectivity index (χ4v) is 2.84. The van der Waals surface area contributed by atoms with Crippen LogP contribution in [0.25, 0.3) is 0 Å². The largest absolute Gasteiger partial charge is 0.481 e. The first-order valence-electron chi connectivity index (χ1n) is 9.19. The first kappa shape index (κ1) is 18.6. The van der Waals surface area contributed by atoms with E-state index in [0.29, 0.717) is 0 Å². The van der Waals surface area contributed by atoms with Crippen LogP contribution in [0.3, 0.4) is 0 Å². The number of carbonyl (C=O) groups excluding carboxylic acids is 1. The third kappa shape index (κ3) is 5.17. The van der Waals surface area contributed by atoms with Crippen LogP contribution in [0.5, 0.6) is 5.75 Å². The quantitative estimate of drug-likeness (QED) is 0.668. The van der Waals surface area contributed by atoms with Crippen LogP contribution in [0, 0.1) is 0 Å². The van der Waals surface area contributed by atoms with Gasteiger partial charge >= 0.3 is 0 Å². The molecule has 3 aromatic rings. The summed E-state index contributed by atoms with van der Waals surface area (Å²) in [5.74, 6) is 0.595. The molecule has 0 aliphatic rings. The molecule has 0 fully saturated rings. The lowest BCUT2D eigenvalue weighted by atomic mass is 10.1. The van der Waals surface area contributed by atoms with E-state index in [1.54, 1.807) is 19.3 Å². The molecule has 0 spiro atoms. The van der Waals surface area contributed by atoms with Crippen LogP contribution < -0.4 is 10.1 Å². The number of carbonyl (C=O) groups is 1. The molecule has 2 aromatic carbocycles. The van der Waals surface area contributed by atoms with Gasteiger partial charge in [-0.15, -0.1) is 0 Å². The molecule has 0 radical (unpaired) electrons. The first-order valence-corrected chi connectivity index (χ1v) is 9.19. The Hall–Kier alpha value is -3.14. The number of benzene rings is 2. The molecule has 0 saturated carbocycles. The van der Waals surface area contributed by atoms with Crippen LogP contribution in [0.2, 0.25) is 0 Å². The van der Waals surface area contributed by atoms with Crippen LogP contribution in [0.1, 0.15) is 30.5 Å². The van der Waals surface area contributed by atoms with Gasteiger partial charge in [-0.2, -0.15) is 0 Å². The summed E-state index contributed by atoms with van der Waals surface area (Å²) in [6, 6.07) is 19.7. The normalized spacial score (nSPS) is 11.6. The molecule has 4 heteroatoms. The summed E-state index contributed by atoms with van der Waals surface area (Å²) in [7, 11) is 0. The number of anilines is 1. The number of amides is 1. The van der Waals surface area contributed by atoms with Gasteiger partial charge in [0.05, 0.1) is 0 Å². The van der Waals surface area contributed by atoms with Gasteiger partial charge in [0.2, 0.25) is 0 Å². The number of hydrogen-bond acceptors (Lipinski definition) is 3. The Kier molecular flexibility index (Phi) is 6.21. The highest BCUT2D eigenvalue weighted by Crippen LogP contribution is 2.20. The Bertz CT molecular complexity index is 876. The zero-order chi connectivity index (χ0) is 19.1. The summed E-state index contributed by atoms with van der Waals surface area (Å²) in [5.41, 5.74) is 4.24. The summed E-state index contributed by atoms with van der Waals surface area (Å²) in [6.45, 7) is 3.83. The van der Waals surface area contributed by atoms with E-state index < -0.39 is 6.10 Å². The van der Waals surface area contributed by atoms with Crippen molar-refractivity contribution in [3.05, 3.63) is 89.7 Å². The number of rotatable bonds is 7. The minimum Gasteiger partial charge on any atom is -0.481 e. The van der Waals surface area contributed by atoms with Gasteiger partial charge in [-0.3, -0.25) is 9.78 Å². The maximum Gasteiger partial charge on any atom is 0.265 e. The number of nitrogens with zero attached hydrogens (tertiary/aromatic N) is 1. The predicted octanol–water partition coefficient (Wildman–Crippen LogP) is 4.64. The maximum absolute atomic E-state index is 12.4. The van der Waals surface area contributed by atoms with Crippen LogP contribution >= 0.6 is 0 Å². The Morgan fingerprint density at radius 1 is 1.00 bits per heavy atom. The summed E-state index contributed by atoms with van der Waals surface area (Å²) in [5, 5.41) is 2.92. The summed E-state index contributed by atoms with van der Waals surface area (Å²) < 4.78 is 5.86. The summed E-state index contributed by atoms with van der Waals surface area (Å²) in [4.78, 5) is 16.5. The van der Waals surface area contributed by atoms with Crippen molar-refractivity contribution in [2.24, 2.45) is 0 Å². The number of hydrogen-bond donors (Lipinski definition) is 1. The number of aromatic nitrogens is 1. The van der Waals surface area contributed by atoms with Crippen molar-refractivity contribution in [1.29, 1.82) is 0 Å². The zero-order valence-electron chi connectivity index (χ0n) is 15.7. The minimum absolute atomic E-state index is 0.164. The molecule has 0 aliphatic carbocycles. The number of nitrogens with one attached hydrogen (secondary N) is 1. The van der Waals surface area contributed by atoms with E-state index in [1.807, 2.05) is 60.7 Å². The first-order chi connectivity index (χ1) is 13.2. The van der Waals surface area contributed by atoms with Crippen LogP contribution in [-0.2, 0) is 17.6 Å². The van der Waals surface area contributed by atoms with Crippen molar-refractivity contribution in [3.8, 4) is 5.75 Å². The van der Waals surface area contributed by atoms with Crippen LogP contribution in [0.4, 0.5) is 5.69 Å². The lowest BCUT2D eigenvalue weighted by Crippen LogP contribution is -2.30. The number of ether oxygens (including phenoxy) is 1. The predicted molar refractivity (Wildman–Crippen MR) is 108 cm³/mol. The molecule has 1 atom stereocenters. The van der Waals surface area contributed by atoms with Gasteiger partial charge in [-0.05, 0) is 66.8 Å². The molecule has 0 bridgehead atoms.